The summed E-state index contributed by atoms with van der Waals surface area (Å²) in [7, 11) is 0. The quantitative estimate of drug-likeness (QED) is 0.799. The van der Waals surface area contributed by atoms with E-state index in [-0.39, 0.29) is 11.9 Å². The number of carbonyl (C=O) groups excluding carboxylic acids is 1. The highest BCUT2D eigenvalue weighted by Gasteiger charge is 2.24. The summed E-state index contributed by atoms with van der Waals surface area (Å²) in [4.78, 5) is 12.2. The van der Waals surface area contributed by atoms with E-state index < -0.39 is 0 Å². The fourth-order valence-corrected chi connectivity index (χ4v) is 2.59. The minimum atomic E-state index is -0.0338. The molecule has 0 saturated carbocycles. The molecule has 0 saturated heterocycles. The van der Waals surface area contributed by atoms with Crippen molar-refractivity contribution in [2.75, 3.05) is 0 Å². The van der Waals surface area contributed by atoms with Crippen molar-refractivity contribution in [3.8, 4) is 5.75 Å². The molecule has 0 aliphatic carbocycles. The van der Waals surface area contributed by atoms with E-state index in [1.165, 1.54) is 5.56 Å². The van der Waals surface area contributed by atoms with E-state index in [1.54, 1.807) is 0 Å². The van der Waals surface area contributed by atoms with Crippen LogP contribution in [-0.2, 0) is 6.42 Å². The van der Waals surface area contributed by atoms with Gasteiger partial charge >= 0.3 is 0 Å². The number of halogens is 1. The minimum absolute atomic E-state index is 0.0338. The Kier molecular flexibility index (Phi) is 3.38. The van der Waals surface area contributed by atoms with Crippen molar-refractivity contribution in [1.82, 2.24) is 0 Å². The van der Waals surface area contributed by atoms with Crippen molar-refractivity contribution >= 4 is 21.7 Å². The van der Waals surface area contributed by atoms with E-state index >= 15 is 0 Å². The van der Waals surface area contributed by atoms with Gasteiger partial charge in [0.1, 0.15) is 11.9 Å². The molecule has 2 nitrogen and oxygen atoms in total. The van der Waals surface area contributed by atoms with E-state index in [0.717, 1.165) is 22.2 Å². The first kappa shape index (κ1) is 12.4. The summed E-state index contributed by atoms with van der Waals surface area (Å²) in [5, 5.41) is 0. The van der Waals surface area contributed by atoms with E-state index in [4.69, 9.17) is 4.74 Å². The Hall–Kier alpha value is -1.61. The van der Waals surface area contributed by atoms with Crippen LogP contribution in [0.5, 0.6) is 5.75 Å². The molecule has 96 valence electrons. The third kappa shape index (κ3) is 2.71. The average Bonchev–Trinajstić information content (AvgIpc) is 2.81. The largest absolute Gasteiger partial charge is 0.489 e. The Bertz CT molecular complexity index is 579. The molecule has 0 N–H and O–H groups in total. The number of ketones is 1. The standard InChI is InChI=1S/C16H13BrO2/c17-13-7-5-11(6-8-13)15(18)10-14-9-12-3-1-2-4-16(12)19-14/h1-8,14H,9-10H2/t14-/m0/s1. The molecule has 0 spiro atoms. The van der Waals surface area contributed by atoms with Crippen molar-refractivity contribution in [3.63, 3.8) is 0 Å². The number of rotatable bonds is 3. The van der Waals surface area contributed by atoms with Gasteiger partial charge in [0.2, 0.25) is 0 Å². The molecule has 0 radical (unpaired) electrons. The number of Topliss-reactive ketones (excluding diaryl/α,β-unsaturated/α-hetero) is 1. The Balaban J connectivity index is 1.67. The van der Waals surface area contributed by atoms with Gasteiger partial charge in [-0.05, 0) is 23.8 Å². The summed E-state index contributed by atoms with van der Waals surface area (Å²) >= 11 is 3.37. The smallest absolute Gasteiger partial charge is 0.166 e. The Labute approximate surface area is 120 Å². The predicted molar refractivity (Wildman–Crippen MR) is 77.7 cm³/mol. The topological polar surface area (TPSA) is 26.3 Å². The lowest BCUT2D eigenvalue weighted by atomic mass is 10.0. The molecule has 2 aromatic carbocycles. The van der Waals surface area contributed by atoms with E-state index in [0.29, 0.717) is 6.42 Å². The first-order valence-electron chi connectivity index (χ1n) is 6.26. The van der Waals surface area contributed by atoms with Crippen LogP contribution in [0.1, 0.15) is 22.3 Å². The maximum absolute atomic E-state index is 12.2. The predicted octanol–water partition coefficient (Wildman–Crippen LogP) is 4.03. The fourth-order valence-electron chi connectivity index (χ4n) is 2.33. The van der Waals surface area contributed by atoms with Crippen molar-refractivity contribution < 1.29 is 9.53 Å². The van der Waals surface area contributed by atoms with Crippen LogP contribution < -0.4 is 4.74 Å². The average molecular weight is 317 g/mol. The second-order valence-electron chi connectivity index (χ2n) is 4.69. The van der Waals surface area contributed by atoms with Gasteiger partial charge in [-0.3, -0.25) is 4.79 Å². The van der Waals surface area contributed by atoms with Crippen LogP contribution in [0.3, 0.4) is 0 Å². The van der Waals surface area contributed by atoms with Gasteiger partial charge in [0, 0.05) is 22.9 Å². The van der Waals surface area contributed by atoms with Crippen LogP contribution >= 0.6 is 15.9 Å². The zero-order valence-electron chi connectivity index (χ0n) is 10.3. The summed E-state index contributed by atoms with van der Waals surface area (Å²) in [5.74, 6) is 1.04. The first-order valence-corrected chi connectivity index (χ1v) is 7.05. The molecule has 19 heavy (non-hydrogen) atoms. The number of ether oxygens (including phenoxy) is 1. The number of benzene rings is 2. The number of carbonyl (C=O) groups is 1. The Morgan fingerprint density at radius 3 is 2.63 bits per heavy atom. The highest BCUT2D eigenvalue weighted by atomic mass is 79.9. The molecule has 0 amide bonds. The maximum atomic E-state index is 12.2. The fraction of sp³-hybridized carbons (Fsp3) is 0.188. The van der Waals surface area contributed by atoms with Crippen LogP contribution in [0.2, 0.25) is 0 Å². The summed E-state index contributed by atoms with van der Waals surface area (Å²) < 4.78 is 6.77. The number of para-hydroxylation sites is 1. The zero-order valence-corrected chi connectivity index (χ0v) is 11.9. The van der Waals surface area contributed by atoms with Crippen LogP contribution in [0, 0.1) is 0 Å². The highest BCUT2D eigenvalue weighted by molar-refractivity contribution is 9.10. The second kappa shape index (κ2) is 5.17. The number of hydrogen-bond donors (Lipinski definition) is 0. The molecule has 0 fully saturated rings. The third-order valence-corrected chi connectivity index (χ3v) is 3.82. The summed E-state index contributed by atoms with van der Waals surface area (Å²) in [5.41, 5.74) is 1.93. The van der Waals surface area contributed by atoms with Crippen molar-refractivity contribution in [1.29, 1.82) is 0 Å². The molecule has 1 atom stereocenters. The first-order chi connectivity index (χ1) is 9.22. The van der Waals surface area contributed by atoms with E-state index in [2.05, 4.69) is 22.0 Å². The van der Waals surface area contributed by atoms with Crippen molar-refractivity contribution in [2.45, 2.75) is 18.9 Å². The lowest BCUT2D eigenvalue weighted by Gasteiger charge is -2.09. The van der Waals surface area contributed by atoms with Crippen LogP contribution in [-0.4, -0.2) is 11.9 Å². The van der Waals surface area contributed by atoms with Gasteiger partial charge in [-0.15, -0.1) is 0 Å². The summed E-state index contributed by atoms with van der Waals surface area (Å²) in [6.07, 6.45) is 1.21. The molecule has 3 rings (SSSR count). The molecule has 3 heteroatoms. The molecule has 0 aromatic heterocycles. The molecular weight excluding hydrogens is 304 g/mol. The van der Waals surface area contributed by atoms with Gasteiger partial charge in [0.05, 0.1) is 0 Å². The zero-order chi connectivity index (χ0) is 13.2. The third-order valence-electron chi connectivity index (χ3n) is 3.29. The highest BCUT2D eigenvalue weighted by Crippen LogP contribution is 2.30. The normalized spacial score (nSPS) is 16.8. The monoisotopic (exact) mass is 316 g/mol. The SMILES string of the molecule is O=C(C[C@@H]1Cc2ccccc2O1)c1ccc(Br)cc1. The lowest BCUT2D eigenvalue weighted by molar-refractivity contribution is 0.0924. The van der Waals surface area contributed by atoms with Gasteiger partial charge in [-0.2, -0.15) is 0 Å². The molecule has 1 heterocycles. The van der Waals surface area contributed by atoms with Crippen LogP contribution in [0.15, 0.2) is 53.0 Å². The second-order valence-corrected chi connectivity index (χ2v) is 5.60. The number of fused-ring (bicyclic) bond motifs is 1. The van der Waals surface area contributed by atoms with Crippen molar-refractivity contribution in [2.24, 2.45) is 0 Å². The minimum Gasteiger partial charge on any atom is -0.489 e. The maximum Gasteiger partial charge on any atom is 0.166 e. The van der Waals surface area contributed by atoms with Gasteiger partial charge in [0.15, 0.2) is 5.78 Å². The summed E-state index contributed by atoms with van der Waals surface area (Å²) in [6.45, 7) is 0. The van der Waals surface area contributed by atoms with Crippen LogP contribution in [0.25, 0.3) is 0 Å². The van der Waals surface area contributed by atoms with E-state index in [1.807, 2.05) is 42.5 Å². The molecule has 0 bridgehead atoms. The molecule has 1 aliphatic rings. The molecule has 0 unspecified atom stereocenters. The van der Waals surface area contributed by atoms with Gasteiger partial charge in [-0.25, -0.2) is 0 Å². The van der Waals surface area contributed by atoms with Crippen LogP contribution in [0.4, 0.5) is 0 Å². The van der Waals surface area contributed by atoms with Gasteiger partial charge < -0.3 is 4.74 Å². The Morgan fingerprint density at radius 2 is 1.89 bits per heavy atom. The van der Waals surface area contributed by atoms with Crippen molar-refractivity contribution in [3.05, 3.63) is 64.1 Å². The lowest BCUT2D eigenvalue weighted by Crippen LogP contribution is -2.18. The van der Waals surface area contributed by atoms with Gasteiger partial charge in [0.25, 0.3) is 0 Å². The molecular formula is C16H13BrO2. The number of hydrogen-bond acceptors (Lipinski definition) is 2. The van der Waals surface area contributed by atoms with E-state index in [9.17, 15) is 4.79 Å². The summed E-state index contributed by atoms with van der Waals surface area (Å²) in [6, 6.07) is 15.4. The Morgan fingerprint density at radius 1 is 1.16 bits per heavy atom. The molecule has 2 aromatic rings. The van der Waals surface area contributed by atoms with Gasteiger partial charge in [-0.1, -0.05) is 46.3 Å². The molecule has 1 aliphatic heterocycles.